The van der Waals surface area contributed by atoms with Gasteiger partial charge in [0, 0.05) is 48.7 Å². The van der Waals surface area contributed by atoms with Gasteiger partial charge in [-0.2, -0.15) is 0 Å². The molecule has 0 aliphatic heterocycles. The first-order valence-corrected chi connectivity index (χ1v) is 10.7. The standard InChI is InChI=1S/C25H32N2O3/c1-5-26(6-2)21-13-9-19(10-14-21)24(29)17-23(28)18-25(30)20-11-15-22(16-12-20)27(7-3)8-4/h9-16H,5-8,17-18H2,1-4H3. The topological polar surface area (TPSA) is 57.7 Å². The van der Waals surface area contributed by atoms with Gasteiger partial charge in [-0.15, -0.1) is 0 Å². The van der Waals surface area contributed by atoms with Crippen LogP contribution in [0.15, 0.2) is 48.5 Å². The maximum absolute atomic E-state index is 12.4. The van der Waals surface area contributed by atoms with Crippen molar-refractivity contribution in [1.29, 1.82) is 0 Å². The van der Waals surface area contributed by atoms with Crippen molar-refractivity contribution in [1.82, 2.24) is 0 Å². The van der Waals surface area contributed by atoms with Crippen molar-refractivity contribution in [3.05, 3.63) is 59.7 Å². The van der Waals surface area contributed by atoms with Crippen LogP contribution in [0.5, 0.6) is 0 Å². The Hall–Kier alpha value is -2.95. The Morgan fingerprint density at radius 3 is 1.13 bits per heavy atom. The summed E-state index contributed by atoms with van der Waals surface area (Å²) in [7, 11) is 0. The zero-order valence-electron chi connectivity index (χ0n) is 18.5. The first-order valence-electron chi connectivity index (χ1n) is 10.7. The van der Waals surface area contributed by atoms with E-state index in [0.29, 0.717) is 11.1 Å². The molecule has 0 N–H and O–H groups in total. The van der Waals surface area contributed by atoms with Gasteiger partial charge in [0.1, 0.15) is 5.78 Å². The van der Waals surface area contributed by atoms with Gasteiger partial charge >= 0.3 is 0 Å². The Morgan fingerprint density at radius 2 is 0.867 bits per heavy atom. The van der Waals surface area contributed by atoms with E-state index < -0.39 is 0 Å². The number of rotatable bonds is 12. The van der Waals surface area contributed by atoms with Crippen LogP contribution in [0.2, 0.25) is 0 Å². The zero-order chi connectivity index (χ0) is 22.1. The van der Waals surface area contributed by atoms with E-state index in [0.717, 1.165) is 37.6 Å². The molecule has 0 saturated heterocycles. The first-order chi connectivity index (χ1) is 14.4. The predicted molar refractivity (Wildman–Crippen MR) is 123 cm³/mol. The van der Waals surface area contributed by atoms with Crippen LogP contribution in [0, 0.1) is 0 Å². The van der Waals surface area contributed by atoms with E-state index in [1.165, 1.54) is 0 Å². The van der Waals surface area contributed by atoms with Gasteiger partial charge in [-0.25, -0.2) is 0 Å². The van der Waals surface area contributed by atoms with Crippen molar-refractivity contribution in [2.45, 2.75) is 40.5 Å². The minimum absolute atomic E-state index is 0.254. The Bertz CT molecular complexity index is 777. The van der Waals surface area contributed by atoms with E-state index in [9.17, 15) is 14.4 Å². The lowest BCUT2D eigenvalue weighted by molar-refractivity contribution is -0.117. The highest BCUT2D eigenvalue weighted by Crippen LogP contribution is 2.18. The largest absolute Gasteiger partial charge is 0.372 e. The smallest absolute Gasteiger partial charge is 0.170 e. The van der Waals surface area contributed by atoms with E-state index >= 15 is 0 Å². The molecule has 0 amide bonds. The molecular weight excluding hydrogens is 376 g/mol. The minimum atomic E-state index is -0.356. The highest BCUT2D eigenvalue weighted by molar-refractivity contribution is 6.15. The van der Waals surface area contributed by atoms with Crippen LogP contribution in [0.3, 0.4) is 0 Å². The maximum Gasteiger partial charge on any atom is 0.170 e. The van der Waals surface area contributed by atoms with Crippen LogP contribution in [-0.2, 0) is 4.79 Å². The fraction of sp³-hybridized carbons (Fsp3) is 0.400. The molecule has 2 aromatic rings. The summed E-state index contributed by atoms with van der Waals surface area (Å²) in [6.45, 7) is 11.9. The molecule has 0 atom stereocenters. The molecule has 0 bridgehead atoms. The van der Waals surface area contributed by atoms with E-state index in [2.05, 4.69) is 37.5 Å². The maximum atomic E-state index is 12.4. The second-order valence-corrected chi connectivity index (χ2v) is 7.18. The average Bonchev–Trinajstić information content (AvgIpc) is 2.76. The van der Waals surface area contributed by atoms with Crippen molar-refractivity contribution < 1.29 is 14.4 Å². The quantitative estimate of drug-likeness (QED) is 0.373. The van der Waals surface area contributed by atoms with Gasteiger partial charge in [-0.1, -0.05) is 0 Å². The van der Waals surface area contributed by atoms with Crippen LogP contribution in [-0.4, -0.2) is 43.5 Å². The number of hydrogen-bond donors (Lipinski definition) is 0. The summed E-state index contributed by atoms with van der Waals surface area (Å²) < 4.78 is 0. The number of carbonyl (C=O) groups is 3. The summed E-state index contributed by atoms with van der Waals surface area (Å²) in [5, 5.41) is 0. The summed E-state index contributed by atoms with van der Waals surface area (Å²) in [6.07, 6.45) is -0.512. The van der Waals surface area contributed by atoms with E-state index in [4.69, 9.17) is 0 Å². The molecule has 0 aliphatic rings. The third-order valence-electron chi connectivity index (χ3n) is 5.35. The third kappa shape index (κ3) is 6.02. The number of hydrogen-bond acceptors (Lipinski definition) is 5. The second kappa shape index (κ2) is 11.3. The molecule has 2 rings (SSSR count). The van der Waals surface area contributed by atoms with Crippen molar-refractivity contribution in [2.24, 2.45) is 0 Å². The van der Waals surface area contributed by atoms with Gasteiger partial charge in [0.05, 0.1) is 12.8 Å². The molecule has 160 valence electrons. The molecule has 30 heavy (non-hydrogen) atoms. The lowest BCUT2D eigenvalue weighted by Crippen LogP contribution is -2.21. The molecule has 2 aromatic carbocycles. The lowest BCUT2D eigenvalue weighted by atomic mass is 10.00. The molecule has 0 spiro atoms. The molecule has 0 aliphatic carbocycles. The highest BCUT2D eigenvalue weighted by atomic mass is 16.2. The van der Waals surface area contributed by atoms with Gasteiger partial charge in [-0.3, -0.25) is 14.4 Å². The summed E-state index contributed by atoms with van der Waals surface area (Å²) in [5.74, 6) is -0.864. The van der Waals surface area contributed by atoms with Crippen LogP contribution in [0.4, 0.5) is 11.4 Å². The van der Waals surface area contributed by atoms with E-state index in [1.54, 1.807) is 24.3 Å². The van der Waals surface area contributed by atoms with Crippen LogP contribution >= 0.6 is 0 Å². The van der Waals surface area contributed by atoms with Gasteiger partial charge in [-0.05, 0) is 76.2 Å². The molecule has 5 nitrogen and oxygen atoms in total. The molecule has 0 fully saturated rings. The van der Waals surface area contributed by atoms with Crippen molar-refractivity contribution in [3.8, 4) is 0 Å². The van der Waals surface area contributed by atoms with Crippen LogP contribution < -0.4 is 9.80 Å². The van der Waals surface area contributed by atoms with Gasteiger partial charge < -0.3 is 9.80 Å². The Morgan fingerprint density at radius 1 is 0.567 bits per heavy atom. The van der Waals surface area contributed by atoms with Gasteiger partial charge in [0.15, 0.2) is 11.6 Å². The fourth-order valence-corrected chi connectivity index (χ4v) is 3.52. The second-order valence-electron chi connectivity index (χ2n) is 7.18. The molecular formula is C25H32N2O3. The SMILES string of the molecule is CCN(CC)c1ccc(C(=O)CC(=O)CC(=O)c2ccc(N(CC)CC)cc2)cc1. The van der Waals surface area contributed by atoms with Crippen molar-refractivity contribution >= 4 is 28.7 Å². The van der Waals surface area contributed by atoms with Gasteiger partial charge in [0.2, 0.25) is 0 Å². The minimum Gasteiger partial charge on any atom is -0.372 e. The Kier molecular flexibility index (Phi) is 8.78. The molecule has 0 radical (unpaired) electrons. The number of anilines is 2. The summed E-state index contributed by atoms with van der Waals surface area (Å²) in [5.41, 5.74) is 3.09. The lowest BCUT2D eigenvalue weighted by Gasteiger charge is -2.21. The van der Waals surface area contributed by atoms with Crippen LogP contribution in [0.1, 0.15) is 61.3 Å². The number of ketones is 3. The number of nitrogens with zero attached hydrogens (tertiary/aromatic N) is 2. The highest BCUT2D eigenvalue weighted by Gasteiger charge is 2.17. The Balaban J connectivity index is 1.94. The molecule has 0 aromatic heterocycles. The molecule has 5 heteroatoms. The molecule has 0 unspecified atom stereocenters. The van der Waals surface area contributed by atoms with Crippen molar-refractivity contribution in [3.63, 3.8) is 0 Å². The molecule has 0 heterocycles. The first kappa shape index (κ1) is 23.3. The van der Waals surface area contributed by atoms with E-state index in [1.807, 2.05) is 24.3 Å². The summed E-state index contributed by atoms with van der Waals surface area (Å²) >= 11 is 0. The third-order valence-corrected chi connectivity index (χ3v) is 5.35. The zero-order valence-corrected chi connectivity index (χ0v) is 18.5. The fourth-order valence-electron chi connectivity index (χ4n) is 3.52. The van der Waals surface area contributed by atoms with E-state index in [-0.39, 0.29) is 30.2 Å². The van der Waals surface area contributed by atoms with Crippen LogP contribution in [0.25, 0.3) is 0 Å². The number of Topliss-reactive ketones (excluding diaryl/α,β-unsaturated/α-hetero) is 3. The Labute approximate surface area is 179 Å². The number of carbonyl (C=O) groups excluding carboxylic acids is 3. The summed E-state index contributed by atoms with van der Waals surface area (Å²) in [6, 6.07) is 14.6. The van der Waals surface area contributed by atoms with Crippen molar-refractivity contribution in [2.75, 3.05) is 36.0 Å². The summed E-state index contributed by atoms with van der Waals surface area (Å²) in [4.78, 5) is 41.5. The normalized spacial score (nSPS) is 10.5. The predicted octanol–water partition coefficient (Wildman–Crippen LogP) is 4.79. The monoisotopic (exact) mass is 408 g/mol. The molecule has 0 saturated carbocycles. The number of benzene rings is 2. The average molecular weight is 409 g/mol. The van der Waals surface area contributed by atoms with Gasteiger partial charge in [0.25, 0.3) is 0 Å².